The molecule has 110 valence electrons. The van der Waals surface area contributed by atoms with Crippen LogP contribution < -0.4 is 0 Å². The molecule has 1 aliphatic rings. The second-order valence-corrected chi connectivity index (χ2v) is 7.42. The number of rotatable bonds is 4. The molecule has 0 spiro atoms. The maximum atomic E-state index is 12.4. The van der Waals surface area contributed by atoms with Gasteiger partial charge in [0.2, 0.25) is 10.0 Å². The van der Waals surface area contributed by atoms with E-state index in [2.05, 4.69) is 15.9 Å². The zero-order valence-electron chi connectivity index (χ0n) is 11.1. The average Bonchev–Trinajstić information content (AvgIpc) is 2.88. The van der Waals surface area contributed by atoms with Crippen LogP contribution in [0.2, 0.25) is 0 Å². The minimum absolute atomic E-state index is 0.226. The number of benzene rings is 1. The Kier molecular flexibility index (Phi) is 4.82. The monoisotopic (exact) mass is 361 g/mol. The van der Waals surface area contributed by atoms with Crippen molar-refractivity contribution in [2.75, 3.05) is 13.1 Å². The number of hydrogen-bond acceptors (Lipinski definition) is 4. The lowest BCUT2D eigenvalue weighted by Gasteiger charge is -2.16. The van der Waals surface area contributed by atoms with Crippen LogP contribution in [0.25, 0.3) is 0 Å². The van der Waals surface area contributed by atoms with Gasteiger partial charge in [-0.3, -0.25) is 4.79 Å². The van der Waals surface area contributed by atoms with Gasteiger partial charge in [-0.05, 0) is 30.7 Å². The van der Waals surface area contributed by atoms with Crippen molar-refractivity contribution in [2.45, 2.75) is 30.8 Å². The summed E-state index contributed by atoms with van der Waals surface area (Å²) in [5, 5.41) is 0. The van der Waals surface area contributed by atoms with Crippen molar-refractivity contribution in [3.8, 4) is 0 Å². The quantitative estimate of drug-likeness (QED) is 0.770. The van der Waals surface area contributed by atoms with Crippen molar-refractivity contribution in [1.82, 2.24) is 4.31 Å². The minimum atomic E-state index is -3.51. The number of hydrogen-bond donors (Lipinski definition) is 0. The lowest BCUT2D eigenvalue weighted by Crippen LogP contribution is -2.30. The third kappa shape index (κ3) is 3.39. The molecule has 1 saturated heterocycles. The first-order valence-corrected chi connectivity index (χ1v) is 8.62. The minimum Gasteiger partial charge on any atom is -0.461 e. The summed E-state index contributed by atoms with van der Waals surface area (Å²) >= 11 is 3.27. The topological polar surface area (TPSA) is 63.7 Å². The molecule has 0 aromatic heterocycles. The van der Waals surface area contributed by atoms with Gasteiger partial charge in [0.25, 0.3) is 0 Å². The standard InChI is InChI=1S/C13H16BrNO4S/c1-2-13(16)19-11-7-8-15(9-11)20(17,18)12-5-3-10(14)4-6-12/h3-6,11H,2,7-9H2,1H3/t11-/m0/s1. The molecule has 20 heavy (non-hydrogen) atoms. The van der Waals surface area contributed by atoms with Crippen molar-refractivity contribution >= 4 is 31.9 Å². The Hall–Kier alpha value is -0.920. The summed E-state index contributed by atoms with van der Waals surface area (Å²) in [4.78, 5) is 11.5. The summed E-state index contributed by atoms with van der Waals surface area (Å²) in [6.07, 6.45) is 0.505. The van der Waals surface area contributed by atoms with E-state index in [-0.39, 0.29) is 23.5 Å². The maximum absolute atomic E-state index is 12.4. The number of ether oxygens (including phenoxy) is 1. The number of sulfonamides is 1. The van der Waals surface area contributed by atoms with Crippen molar-refractivity contribution in [2.24, 2.45) is 0 Å². The number of nitrogens with zero attached hydrogens (tertiary/aromatic N) is 1. The van der Waals surface area contributed by atoms with E-state index in [9.17, 15) is 13.2 Å². The van der Waals surface area contributed by atoms with Gasteiger partial charge in [0, 0.05) is 17.4 Å². The van der Waals surface area contributed by atoms with Crippen LogP contribution >= 0.6 is 15.9 Å². The Balaban J connectivity index is 2.08. The van der Waals surface area contributed by atoms with Crippen LogP contribution in [0.1, 0.15) is 19.8 Å². The van der Waals surface area contributed by atoms with E-state index >= 15 is 0 Å². The second-order valence-electron chi connectivity index (χ2n) is 4.57. The SMILES string of the molecule is CCC(=O)O[C@H]1CCN(S(=O)(=O)c2ccc(Br)cc2)C1. The van der Waals surface area contributed by atoms with E-state index in [1.54, 1.807) is 31.2 Å². The highest BCUT2D eigenvalue weighted by Gasteiger charge is 2.34. The van der Waals surface area contributed by atoms with Crippen molar-refractivity contribution in [1.29, 1.82) is 0 Å². The third-order valence-corrected chi connectivity index (χ3v) is 5.55. The van der Waals surface area contributed by atoms with Gasteiger partial charge >= 0.3 is 5.97 Å². The van der Waals surface area contributed by atoms with Gasteiger partial charge in [0.1, 0.15) is 6.10 Å². The zero-order chi connectivity index (χ0) is 14.8. The number of carbonyl (C=O) groups excluding carboxylic acids is 1. The molecule has 0 radical (unpaired) electrons. The molecule has 0 amide bonds. The van der Waals surface area contributed by atoms with Crippen LogP contribution in [0.5, 0.6) is 0 Å². The molecule has 1 aromatic rings. The molecule has 0 aliphatic carbocycles. The van der Waals surface area contributed by atoms with Gasteiger partial charge in [-0.15, -0.1) is 0 Å². The van der Waals surface area contributed by atoms with E-state index in [4.69, 9.17) is 4.74 Å². The van der Waals surface area contributed by atoms with Crippen LogP contribution in [-0.4, -0.2) is 37.9 Å². The fraction of sp³-hybridized carbons (Fsp3) is 0.462. The van der Waals surface area contributed by atoms with Gasteiger partial charge in [0.05, 0.1) is 11.4 Å². The smallest absolute Gasteiger partial charge is 0.305 e. The lowest BCUT2D eigenvalue weighted by atomic mass is 10.3. The fourth-order valence-electron chi connectivity index (χ4n) is 2.04. The molecular formula is C13H16BrNO4S. The van der Waals surface area contributed by atoms with E-state index in [1.165, 1.54) is 4.31 Å². The molecule has 5 nitrogen and oxygen atoms in total. The number of halogens is 1. The molecule has 1 atom stereocenters. The summed E-state index contributed by atoms with van der Waals surface area (Å²) in [5.74, 6) is -0.294. The first-order valence-electron chi connectivity index (χ1n) is 6.38. The van der Waals surface area contributed by atoms with E-state index in [0.29, 0.717) is 19.4 Å². The van der Waals surface area contributed by atoms with Crippen LogP contribution in [0, 0.1) is 0 Å². The first kappa shape index (κ1) is 15.5. The van der Waals surface area contributed by atoms with E-state index in [0.717, 1.165) is 4.47 Å². The van der Waals surface area contributed by atoms with Crippen molar-refractivity contribution in [3.05, 3.63) is 28.7 Å². The Morgan fingerprint density at radius 1 is 1.40 bits per heavy atom. The summed E-state index contributed by atoms with van der Waals surface area (Å²) in [6, 6.07) is 6.50. The molecular weight excluding hydrogens is 346 g/mol. The molecule has 2 rings (SSSR count). The number of carbonyl (C=O) groups is 1. The molecule has 7 heteroatoms. The Morgan fingerprint density at radius 2 is 2.05 bits per heavy atom. The third-order valence-electron chi connectivity index (χ3n) is 3.15. The average molecular weight is 362 g/mol. The molecule has 1 aromatic carbocycles. The summed E-state index contributed by atoms with van der Waals surface area (Å²) < 4.78 is 32.2. The Morgan fingerprint density at radius 3 is 2.65 bits per heavy atom. The predicted molar refractivity (Wildman–Crippen MR) is 77.7 cm³/mol. The lowest BCUT2D eigenvalue weighted by molar-refractivity contribution is -0.147. The summed E-state index contributed by atoms with van der Waals surface area (Å²) in [6.45, 7) is 2.32. The Bertz CT molecular complexity index is 585. The summed E-state index contributed by atoms with van der Waals surface area (Å²) in [7, 11) is -3.51. The second kappa shape index (κ2) is 6.24. The van der Waals surface area contributed by atoms with Gasteiger partial charge in [-0.2, -0.15) is 4.31 Å². The molecule has 1 aliphatic heterocycles. The van der Waals surface area contributed by atoms with Gasteiger partial charge in [-0.1, -0.05) is 22.9 Å². The summed E-state index contributed by atoms with van der Waals surface area (Å²) in [5.41, 5.74) is 0. The van der Waals surface area contributed by atoms with Gasteiger partial charge in [0.15, 0.2) is 0 Å². The van der Waals surface area contributed by atoms with Crippen molar-refractivity contribution in [3.63, 3.8) is 0 Å². The Labute approximate surface area is 127 Å². The fourth-order valence-corrected chi connectivity index (χ4v) is 3.79. The molecule has 1 heterocycles. The molecule has 0 unspecified atom stereocenters. The van der Waals surface area contributed by atoms with Crippen LogP contribution in [0.3, 0.4) is 0 Å². The highest BCUT2D eigenvalue weighted by atomic mass is 79.9. The van der Waals surface area contributed by atoms with Crippen molar-refractivity contribution < 1.29 is 17.9 Å². The van der Waals surface area contributed by atoms with E-state index < -0.39 is 10.0 Å². The predicted octanol–water partition coefficient (Wildman–Crippen LogP) is 2.17. The molecule has 0 saturated carbocycles. The van der Waals surface area contributed by atoms with Crippen LogP contribution in [0.4, 0.5) is 0 Å². The van der Waals surface area contributed by atoms with Gasteiger partial charge in [-0.25, -0.2) is 8.42 Å². The zero-order valence-corrected chi connectivity index (χ0v) is 13.5. The molecule has 0 bridgehead atoms. The van der Waals surface area contributed by atoms with E-state index in [1.807, 2.05) is 0 Å². The highest BCUT2D eigenvalue weighted by Crippen LogP contribution is 2.23. The van der Waals surface area contributed by atoms with Gasteiger partial charge < -0.3 is 4.74 Å². The van der Waals surface area contributed by atoms with Crippen LogP contribution in [-0.2, 0) is 19.6 Å². The van der Waals surface area contributed by atoms with Crippen LogP contribution in [0.15, 0.2) is 33.6 Å². The largest absolute Gasteiger partial charge is 0.461 e. The molecule has 1 fully saturated rings. The molecule has 0 N–H and O–H groups in total. The normalized spacial score (nSPS) is 20.0. The highest BCUT2D eigenvalue weighted by molar-refractivity contribution is 9.10. The number of esters is 1. The first-order chi connectivity index (χ1) is 9.43. The maximum Gasteiger partial charge on any atom is 0.305 e.